The monoisotopic (exact) mass is 395 g/mol. The Kier molecular flexibility index (Phi) is 6.31. The molecule has 0 aliphatic heterocycles. The Morgan fingerprint density at radius 2 is 1.83 bits per heavy atom. The summed E-state index contributed by atoms with van der Waals surface area (Å²) in [4.78, 5) is 23.9. The summed E-state index contributed by atoms with van der Waals surface area (Å²) in [5.41, 5.74) is 1.12. The van der Waals surface area contributed by atoms with Gasteiger partial charge in [-0.3, -0.25) is 4.79 Å². The first-order chi connectivity index (χ1) is 14.0. The fourth-order valence-corrected chi connectivity index (χ4v) is 2.86. The Hall–Kier alpha value is -3.58. The predicted octanol–water partition coefficient (Wildman–Crippen LogP) is 3.22. The van der Waals surface area contributed by atoms with Crippen LogP contribution < -0.4 is 10.7 Å². The first-order valence-electron chi connectivity index (χ1n) is 9.09. The van der Waals surface area contributed by atoms with Crippen molar-refractivity contribution in [1.29, 1.82) is 0 Å². The molecule has 1 aromatic heterocycles. The number of aliphatic hydroxyl groups excluding tert-OH is 1. The van der Waals surface area contributed by atoms with E-state index >= 15 is 0 Å². The van der Waals surface area contributed by atoms with E-state index in [0.717, 1.165) is 11.6 Å². The molecule has 0 spiro atoms. The van der Waals surface area contributed by atoms with Crippen molar-refractivity contribution in [2.75, 3.05) is 11.9 Å². The summed E-state index contributed by atoms with van der Waals surface area (Å²) >= 11 is 0. The van der Waals surface area contributed by atoms with Gasteiger partial charge in [0, 0.05) is 11.8 Å². The SMILES string of the molecule is CCOC(=O)c1ccc(NC(c2ccccc2)c2oc(CO)cc(=O)c2O)cc1. The first kappa shape index (κ1) is 20.2. The third kappa shape index (κ3) is 4.64. The van der Waals surface area contributed by atoms with E-state index in [4.69, 9.17) is 9.15 Å². The second-order valence-electron chi connectivity index (χ2n) is 6.23. The highest BCUT2D eigenvalue weighted by Crippen LogP contribution is 2.31. The van der Waals surface area contributed by atoms with Crippen molar-refractivity contribution in [3.05, 3.63) is 93.5 Å². The third-order valence-corrected chi connectivity index (χ3v) is 4.26. The zero-order valence-electron chi connectivity index (χ0n) is 15.8. The number of rotatable bonds is 7. The Balaban J connectivity index is 1.99. The number of carbonyl (C=O) groups is 1. The van der Waals surface area contributed by atoms with Crippen molar-refractivity contribution in [1.82, 2.24) is 0 Å². The van der Waals surface area contributed by atoms with Crippen molar-refractivity contribution >= 4 is 11.7 Å². The summed E-state index contributed by atoms with van der Waals surface area (Å²) in [6.07, 6.45) is 0. The van der Waals surface area contributed by atoms with E-state index < -0.39 is 29.8 Å². The first-order valence-corrected chi connectivity index (χ1v) is 9.09. The topological polar surface area (TPSA) is 109 Å². The zero-order valence-corrected chi connectivity index (χ0v) is 15.8. The zero-order chi connectivity index (χ0) is 20.8. The van der Waals surface area contributed by atoms with E-state index in [2.05, 4.69) is 5.32 Å². The Morgan fingerprint density at radius 1 is 1.14 bits per heavy atom. The molecule has 3 N–H and O–H groups in total. The van der Waals surface area contributed by atoms with Crippen LogP contribution in [-0.4, -0.2) is 22.8 Å². The highest BCUT2D eigenvalue weighted by atomic mass is 16.5. The fraction of sp³-hybridized carbons (Fsp3) is 0.182. The van der Waals surface area contributed by atoms with Gasteiger partial charge in [-0.25, -0.2) is 4.79 Å². The van der Waals surface area contributed by atoms with Crippen LogP contribution in [0.2, 0.25) is 0 Å². The summed E-state index contributed by atoms with van der Waals surface area (Å²) < 4.78 is 10.6. The van der Waals surface area contributed by atoms with Gasteiger partial charge in [0.05, 0.1) is 12.2 Å². The van der Waals surface area contributed by atoms with Gasteiger partial charge in [-0.1, -0.05) is 30.3 Å². The third-order valence-electron chi connectivity index (χ3n) is 4.26. The Morgan fingerprint density at radius 3 is 2.45 bits per heavy atom. The van der Waals surface area contributed by atoms with Gasteiger partial charge in [0.1, 0.15) is 18.4 Å². The second-order valence-corrected chi connectivity index (χ2v) is 6.23. The number of ether oxygens (including phenoxy) is 1. The Labute approximate surface area is 167 Å². The highest BCUT2D eigenvalue weighted by molar-refractivity contribution is 5.89. The average molecular weight is 395 g/mol. The van der Waals surface area contributed by atoms with Gasteiger partial charge in [0.15, 0.2) is 5.76 Å². The molecule has 0 saturated heterocycles. The van der Waals surface area contributed by atoms with Crippen LogP contribution in [0.1, 0.15) is 40.4 Å². The van der Waals surface area contributed by atoms with Gasteiger partial charge in [0.25, 0.3) is 0 Å². The summed E-state index contributed by atoms with van der Waals surface area (Å²) in [5.74, 6) is -0.921. The number of aromatic hydroxyl groups is 1. The van der Waals surface area contributed by atoms with Gasteiger partial charge in [-0.05, 0) is 36.8 Å². The van der Waals surface area contributed by atoms with Crippen molar-refractivity contribution in [2.24, 2.45) is 0 Å². The molecule has 1 atom stereocenters. The molecule has 0 aliphatic rings. The minimum Gasteiger partial charge on any atom is -0.502 e. The number of hydrogen-bond acceptors (Lipinski definition) is 7. The molecule has 1 unspecified atom stereocenters. The molecule has 1 heterocycles. The van der Waals surface area contributed by atoms with E-state index in [9.17, 15) is 19.8 Å². The van der Waals surface area contributed by atoms with E-state index in [-0.39, 0.29) is 18.1 Å². The molecule has 150 valence electrons. The predicted molar refractivity (Wildman–Crippen MR) is 107 cm³/mol. The number of carbonyl (C=O) groups excluding carboxylic acids is 1. The van der Waals surface area contributed by atoms with E-state index in [1.54, 1.807) is 31.2 Å². The van der Waals surface area contributed by atoms with E-state index in [1.165, 1.54) is 0 Å². The van der Waals surface area contributed by atoms with Gasteiger partial charge >= 0.3 is 5.97 Å². The maximum absolute atomic E-state index is 12.1. The van der Waals surface area contributed by atoms with Crippen LogP contribution in [0.4, 0.5) is 5.69 Å². The number of nitrogens with one attached hydrogen (secondary N) is 1. The molecule has 7 nitrogen and oxygen atoms in total. The molecule has 0 radical (unpaired) electrons. The molecule has 0 bridgehead atoms. The van der Waals surface area contributed by atoms with Crippen molar-refractivity contribution < 1.29 is 24.2 Å². The standard InChI is InChI=1S/C22H21NO6/c1-2-28-22(27)15-8-10-16(11-9-15)23-19(14-6-4-3-5-7-14)21-20(26)18(25)12-17(13-24)29-21/h3-12,19,23-24,26H,2,13H2,1H3. The van der Waals surface area contributed by atoms with Crippen LogP contribution in [0, 0.1) is 0 Å². The maximum atomic E-state index is 12.1. The molecule has 3 aromatic rings. The van der Waals surface area contributed by atoms with Gasteiger partial charge in [-0.2, -0.15) is 0 Å². The second kappa shape index (κ2) is 9.07. The van der Waals surface area contributed by atoms with E-state index in [1.807, 2.05) is 30.3 Å². The molecule has 3 rings (SSSR count). The molecule has 7 heteroatoms. The summed E-state index contributed by atoms with van der Waals surface area (Å²) in [5, 5.41) is 22.9. The average Bonchev–Trinajstić information content (AvgIpc) is 2.75. The number of anilines is 1. The molecule has 29 heavy (non-hydrogen) atoms. The minimum absolute atomic E-state index is 0.0118. The van der Waals surface area contributed by atoms with Crippen molar-refractivity contribution in [3.8, 4) is 5.75 Å². The lowest BCUT2D eigenvalue weighted by atomic mass is 10.0. The quantitative estimate of drug-likeness (QED) is 0.527. The summed E-state index contributed by atoms with van der Waals surface area (Å²) in [6.45, 7) is 1.55. The van der Waals surface area contributed by atoms with Crippen molar-refractivity contribution in [2.45, 2.75) is 19.6 Å². The number of benzene rings is 2. The number of hydrogen-bond donors (Lipinski definition) is 3. The van der Waals surface area contributed by atoms with Crippen LogP contribution in [0.15, 0.2) is 69.9 Å². The van der Waals surface area contributed by atoms with Gasteiger partial charge in [-0.15, -0.1) is 0 Å². The van der Waals surface area contributed by atoms with Crippen LogP contribution >= 0.6 is 0 Å². The number of esters is 1. The lowest BCUT2D eigenvalue weighted by molar-refractivity contribution is 0.0526. The fourth-order valence-electron chi connectivity index (χ4n) is 2.86. The lowest BCUT2D eigenvalue weighted by Gasteiger charge is -2.21. The number of aliphatic hydroxyl groups is 1. The molecule has 0 fully saturated rings. The van der Waals surface area contributed by atoms with Gasteiger partial charge < -0.3 is 24.7 Å². The normalized spacial score (nSPS) is 11.7. The maximum Gasteiger partial charge on any atom is 0.338 e. The molecule has 2 aromatic carbocycles. The highest BCUT2D eigenvalue weighted by Gasteiger charge is 2.23. The van der Waals surface area contributed by atoms with Crippen LogP contribution in [0.3, 0.4) is 0 Å². The van der Waals surface area contributed by atoms with Crippen molar-refractivity contribution in [3.63, 3.8) is 0 Å². The van der Waals surface area contributed by atoms with Crippen LogP contribution in [-0.2, 0) is 11.3 Å². The summed E-state index contributed by atoms with van der Waals surface area (Å²) in [7, 11) is 0. The molecular formula is C22H21NO6. The van der Waals surface area contributed by atoms with Crippen LogP contribution in [0.25, 0.3) is 0 Å². The molecule has 0 amide bonds. The Bertz CT molecular complexity index is 1030. The largest absolute Gasteiger partial charge is 0.502 e. The van der Waals surface area contributed by atoms with E-state index in [0.29, 0.717) is 11.3 Å². The molecule has 0 saturated carbocycles. The van der Waals surface area contributed by atoms with Gasteiger partial charge in [0.2, 0.25) is 11.2 Å². The smallest absolute Gasteiger partial charge is 0.338 e. The molecule has 0 aliphatic carbocycles. The van der Waals surface area contributed by atoms with Crippen LogP contribution in [0.5, 0.6) is 5.75 Å². The minimum atomic E-state index is -0.705. The lowest BCUT2D eigenvalue weighted by Crippen LogP contribution is -2.16. The molecular weight excluding hydrogens is 374 g/mol. The summed E-state index contributed by atoms with van der Waals surface area (Å²) in [6, 6.07) is 16.1.